The first-order valence-electron chi connectivity index (χ1n) is 7.60. The van der Waals surface area contributed by atoms with Gasteiger partial charge in [0.05, 0.1) is 22.5 Å². The molecule has 2 aliphatic heterocycles. The third-order valence-corrected chi connectivity index (χ3v) is 5.89. The molecule has 26 heavy (non-hydrogen) atoms. The van der Waals surface area contributed by atoms with Gasteiger partial charge in [-0.05, 0) is 29.8 Å². The van der Waals surface area contributed by atoms with Crippen molar-refractivity contribution < 1.29 is 9.72 Å². The average molecular weight is 381 g/mol. The summed E-state index contributed by atoms with van der Waals surface area (Å²) < 4.78 is 0.845. The number of nitro benzene ring substituents is 1. The molecule has 1 amide bonds. The molecule has 0 saturated heterocycles. The lowest BCUT2D eigenvalue weighted by molar-refractivity contribution is -0.384. The maximum atomic E-state index is 12.8. The molecule has 128 valence electrons. The van der Waals surface area contributed by atoms with Crippen LogP contribution in [0.15, 0.2) is 65.0 Å². The number of benzene rings is 2. The number of rotatable bonds is 4. The van der Waals surface area contributed by atoms with Crippen LogP contribution in [0.4, 0.5) is 11.4 Å². The standard InChI is InChI=1S/C18H11N3O3S2/c22-17-16(10-19-13-4-2-1-3-5-13)26-18-20(17)15(11-25-18)12-6-8-14(9-7-12)21(23)24/h1-11H. The molecule has 2 aromatic carbocycles. The SMILES string of the molecule is O=C1C(C=Nc2ccccc2)=S=C2SC=C(c3ccc([N+](=O)[O-])cc3)N12. The number of hydrogen-bond donors (Lipinski definition) is 0. The quantitative estimate of drug-likeness (QED) is 0.349. The van der Waals surface area contributed by atoms with Crippen molar-refractivity contribution >= 4 is 61.1 Å². The van der Waals surface area contributed by atoms with Crippen LogP contribution < -0.4 is 0 Å². The number of para-hydroxylation sites is 1. The van der Waals surface area contributed by atoms with Gasteiger partial charge in [-0.25, -0.2) is 0 Å². The number of carbonyl (C=O) groups excluding carboxylic acids is 1. The van der Waals surface area contributed by atoms with E-state index in [0.717, 1.165) is 21.3 Å². The Labute approximate surface area is 156 Å². The second-order valence-electron chi connectivity index (χ2n) is 5.39. The van der Waals surface area contributed by atoms with E-state index >= 15 is 0 Å². The molecule has 0 bridgehead atoms. The van der Waals surface area contributed by atoms with Gasteiger partial charge >= 0.3 is 0 Å². The lowest BCUT2D eigenvalue weighted by Gasteiger charge is -2.16. The number of fused-ring (bicyclic) bond motifs is 1. The molecule has 0 N–H and O–H groups in total. The predicted octanol–water partition coefficient (Wildman–Crippen LogP) is 3.88. The highest BCUT2D eigenvalue weighted by molar-refractivity contribution is 8.29. The highest BCUT2D eigenvalue weighted by Gasteiger charge is 2.34. The Morgan fingerprint density at radius 2 is 1.81 bits per heavy atom. The van der Waals surface area contributed by atoms with Crippen molar-refractivity contribution in [3.05, 3.63) is 75.7 Å². The van der Waals surface area contributed by atoms with Gasteiger partial charge in [0.1, 0.15) is 9.19 Å². The minimum Gasteiger partial charge on any atom is -0.267 e. The van der Waals surface area contributed by atoms with Crippen LogP contribution in [0.3, 0.4) is 0 Å². The first-order valence-corrected chi connectivity index (χ1v) is 9.30. The summed E-state index contributed by atoms with van der Waals surface area (Å²) in [7, 11) is 1.38. The highest BCUT2D eigenvalue weighted by atomic mass is 32.2. The van der Waals surface area contributed by atoms with Crippen molar-refractivity contribution in [3.8, 4) is 0 Å². The van der Waals surface area contributed by atoms with E-state index in [0.29, 0.717) is 4.86 Å². The molecule has 0 spiro atoms. The second-order valence-corrected chi connectivity index (χ2v) is 7.54. The lowest BCUT2D eigenvalue weighted by Crippen LogP contribution is -2.31. The zero-order valence-electron chi connectivity index (χ0n) is 13.2. The summed E-state index contributed by atoms with van der Waals surface area (Å²) in [5.74, 6) is -0.140. The van der Waals surface area contributed by atoms with Crippen molar-refractivity contribution in [2.24, 2.45) is 4.99 Å². The number of non-ortho nitro benzene ring substituents is 1. The summed E-state index contributed by atoms with van der Waals surface area (Å²) in [5.41, 5.74) is 2.28. The average Bonchev–Trinajstić information content (AvgIpc) is 3.21. The van der Waals surface area contributed by atoms with Crippen molar-refractivity contribution in [1.82, 2.24) is 4.90 Å². The number of hydrogen-bond acceptors (Lipinski definition) is 5. The summed E-state index contributed by atoms with van der Waals surface area (Å²) in [6, 6.07) is 15.6. The molecule has 0 atom stereocenters. The zero-order chi connectivity index (χ0) is 18.1. The largest absolute Gasteiger partial charge is 0.275 e. The monoisotopic (exact) mass is 381 g/mol. The van der Waals surface area contributed by atoms with Crippen molar-refractivity contribution in [3.63, 3.8) is 0 Å². The van der Waals surface area contributed by atoms with Crippen molar-refractivity contribution in [2.45, 2.75) is 0 Å². The van der Waals surface area contributed by atoms with Crippen LogP contribution in [0.1, 0.15) is 5.56 Å². The lowest BCUT2D eigenvalue weighted by atomic mass is 10.1. The fourth-order valence-corrected chi connectivity index (χ4v) is 4.59. The number of thioether (sulfide) groups is 1. The summed E-state index contributed by atoms with van der Waals surface area (Å²) >= 11 is 1.46. The molecule has 0 aromatic heterocycles. The molecular formula is C18H11N3O3S2. The van der Waals surface area contributed by atoms with Crippen molar-refractivity contribution in [2.75, 3.05) is 0 Å². The van der Waals surface area contributed by atoms with Gasteiger partial charge in [-0.2, -0.15) is 0 Å². The van der Waals surface area contributed by atoms with E-state index in [2.05, 4.69) is 4.99 Å². The van der Waals surface area contributed by atoms with Crippen LogP contribution in [0.25, 0.3) is 5.70 Å². The van der Waals surface area contributed by atoms with Crippen LogP contribution in [-0.4, -0.2) is 31.1 Å². The first-order chi connectivity index (χ1) is 12.6. The van der Waals surface area contributed by atoms with Crippen LogP contribution in [-0.2, 0) is 4.79 Å². The van der Waals surface area contributed by atoms with E-state index in [1.165, 1.54) is 34.8 Å². The smallest absolute Gasteiger partial charge is 0.267 e. The predicted molar refractivity (Wildman–Crippen MR) is 108 cm³/mol. The zero-order valence-corrected chi connectivity index (χ0v) is 14.9. The molecule has 2 aliphatic rings. The van der Waals surface area contributed by atoms with Gasteiger partial charge in [0.25, 0.3) is 11.6 Å². The van der Waals surface area contributed by atoms with E-state index in [4.69, 9.17) is 0 Å². The maximum absolute atomic E-state index is 12.8. The molecular weight excluding hydrogens is 370 g/mol. The molecule has 4 rings (SSSR count). The molecule has 0 radical (unpaired) electrons. The third kappa shape index (κ3) is 3.00. The molecule has 2 heterocycles. The highest BCUT2D eigenvalue weighted by Crippen LogP contribution is 2.37. The minimum atomic E-state index is -0.443. The fraction of sp³-hybridized carbons (Fsp3) is 0. The van der Waals surface area contributed by atoms with Gasteiger partial charge < -0.3 is 0 Å². The second kappa shape index (κ2) is 6.74. The van der Waals surface area contributed by atoms with E-state index < -0.39 is 4.92 Å². The number of aliphatic imine (C=N–C) groups is 1. The normalized spacial score (nSPS) is 16.1. The van der Waals surface area contributed by atoms with Crippen LogP contribution in [0.5, 0.6) is 0 Å². The topological polar surface area (TPSA) is 75.8 Å². The third-order valence-electron chi connectivity index (χ3n) is 3.77. The summed E-state index contributed by atoms with van der Waals surface area (Å²) in [6.07, 6.45) is 1.58. The molecule has 0 unspecified atom stereocenters. The molecule has 0 fully saturated rings. The summed E-state index contributed by atoms with van der Waals surface area (Å²) in [5, 5.41) is 12.7. The Hall–Kier alpha value is -2.97. The Morgan fingerprint density at radius 3 is 2.50 bits per heavy atom. The first kappa shape index (κ1) is 16.5. The molecule has 8 heteroatoms. The van der Waals surface area contributed by atoms with E-state index in [9.17, 15) is 14.9 Å². The molecule has 6 nitrogen and oxygen atoms in total. The minimum absolute atomic E-state index is 0.0218. The number of amides is 1. The Morgan fingerprint density at radius 1 is 1.08 bits per heavy atom. The molecule has 0 saturated carbocycles. The fourth-order valence-electron chi connectivity index (χ4n) is 2.50. The Balaban J connectivity index is 1.57. The summed E-state index contributed by atoms with van der Waals surface area (Å²) in [6.45, 7) is 0. The van der Waals surface area contributed by atoms with Crippen LogP contribution >= 0.6 is 22.7 Å². The Kier molecular flexibility index (Phi) is 4.27. The number of carbonyl (C=O) groups is 1. The van der Waals surface area contributed by atoms with Gasteiger partial charge in [0.15, 0.2) is 0 Å². The molecule has 2 aromatic rings. The number of nitro groups is 1. The molecule has 0 aliphatic carbocycles. The van der Waals surface area contributed by atoms with Crippen molar-refractivity contribution in [1.29, 1.82) is 0 Å². The van der Waals surface area contributed by atoms with Gasteiger partial charge in [0, 0.05) is 17.5 Å². The van der Waals surface area contributed by atoms with E-state index in [1.54, 1.807) is 23.2 Å². The maximum Gasteiger partial charge on any atom is 0.275 e. The van der Waals surface area contributed by atoms with Gasteiger partial charge in [-0.1, -0.05) is 30.0 Å². The Bertz CT molecular complexity index is 1040. The van der Waals surface area contributed by atoms with Gasteiger partial charge in [-0.3, -0.25) is 24.8 Å². The van der Waals surface area contributed by atoms with Crippen LogP contribution in [0, 0.1) is 10.1 Å². The van der Waals surface area contributed by atoms with Gasteiger partial charge in [0.2, 0.25) is 0 Å². The van der Waals surface area contributed by atoms with Gasteiger partial charge in [-0.15, -0.1) is 10.9 Å². The van der Waals surface area contributed by atoms with E-state index in [1.807, 2.05) is 35.7 Å². The number of nitrogens with zero attached hydrogens (tertiary/aromatic N) is 3. The van der Waals surface area contributed by atoms with E-state index in [-0.39, 0.29) is 11.6 Å². The van der Waals surface area contributed by atoms with Crippen LogP contribution in [0.2, 0.25) is 0 Å². The summed E-state index contributed by atoms with van der Waals surface area (Å²) in [4.78, 5) is 29.6.